The van der Waals surface area contributed by atoms with E-state index < -0.39 is 5.25 Å². The molecule has 0 radical (unpaired) electrons. The van der Waals surface area contributed by atoms with Crippen LogP contribution in [0.15, 0.2) is 53.7 Å². The summed E-state index contributed by atoms with van der Waals surface area (Å²) < 4.78 is 6.69. The van der Waals surface area contributed by atoms with Gasteiger partial charge < -0.3 is 15.9 Å². The Morgan fingerprint density at radius 3 is 2.67 bits per heavy atom. The molecule has 1 amide bonds. The van der Waals surface area contributed by atoms with Crippen LogP contribution in [0.25, 0.3) is 11.4 Å². The largest absolute Gasteiger partial charge is 0.496 e. The van der Waals surface area contributed by atoms with E-state index in [0.29, 0.717) is 27.4 Å². The Labute approximate surface area is 165 Å². The molecule has 9 heteroatoms. The number of rotatable bonds is 6. The molecule has 0 aliphatic rings. The van der Waals surface area contributed by atoms with Crippen molar-refractivity contribution in [1.82, 2.24) is 14.9 Å². The smallest absolute Gasteiger partial charge is 0.237 e. The maximum Gasteiger partial charge on any atom is 0.237 e. The van der Waals surface area contributed by atoms with E-state index in [9.17, 15) is 4.79 Å². The number of benzene rings is 2. The van der Waals surface area contributed by atoms with Crippen LogP contribution in [0.4, 0.5) is 5.69 Å². The molecule has 1 atom stereocenters. The Kier molecular flexibility index (Phi) is 5.88. The quantitative estimate of drug-likeness (QED) is 0.483. The van der Waals surface area contributed by atoms with Gasteiger partial charge in [-0.3, -0.25) is 4.79 Å². The standard InChI is InChI=1S/C18H18ClN5O2S/c1-11(17(25)21-14-9-5-4-8-13(14)19)27-18-23-22-16(24(18)20)12-7-3-6-10-15(12)26-2/h3-11H,20H2,1-2H3,(H,21,25). The Morgan fingerprint density at radius 1 is 1.22 bits per heavy atom. The predicted molar refractivity (Wildman–Crippen MR) is 108 cm³/mol. The second-order valence-corrected chi connectivity index (χ2v) is 7.32. The number of nitrogen functional groups attached to an aromatic ring is 1. The molecule has 0 bridgehead atoms. The highest BCUT2D eigenvalue weighted by atomic mass is 35.5. The summed E-state index contributed by atoms with van der Waals surface area (Å²) in [6, 6.07) is 14.4. The summed E-state index contributed by atoms with van der Waals surface area (Å²) in [6.45, 7) is 1.76. The summed E-state index contributed by atoms with van der Waals surface area (Å²) in [7, 11) is 1.58. The number of nitrogens with zero attached hydrogens (tertiary/aromatic N) is 3. The number of thioether (sulfide) groups is 1. The van der Waals surface area contributed by atoms with E-state index in [1.165, 1.54) is 16.4 Å². The van der Waals surface area contributed by atoms with Crippen molar-refractivity contribution >= 4 is 35.0 Å². The molecule has 0 fully saturated rings. The summed E-state index contributed by atoms with van der Waals surface area (Å²) >= 11 is 7.28. The molecule has 3 N–H and O–H groups in total. The van der Waals surface area contributed by atoms with Crippen molar-refractivity contribution in [1.29, 1.82) is 0 Å². The van der Waals surface area contributed by atoms with Crippen molar-refractivity contribution in [2.75, 3.05) is 18.3 Å². The second kappa shape index (κ2) is 8.32. The number of hydrogen-bond donors (Lipinski definition) is 2. The van der Waals surface area contributed by atoms with Gasteiger partial charge in [0.05, 0.1) is 28.6 Å². The number of hydrogen-bond acceptors (Lipinski definition) is 6. The van der Waals surface area contributed by atoms with Gasteiger partial charge in [-0.2, -0.15) is 0 Å². The van der Waals surface area contributed by atoms with Crippen molar-refractivity contribution < 1.29 is 9.53 Å². The Morgan fingerprint density at radius 2 is 1.93 bits per heavy atom. The lowest BCUT2D eigenvalue weighted by Gasteiger charge is -2.12. The van der Waals surface area contributed by atoms with Crippen molar-refractivity contribution in [2.45, 2.75) is 17.3 Å². The van der Waals surface area contributed by atoms with Crippen molar-refractivity contribution in [3.05, 3.63) is 53.6 Å². The first-order chi connectivity index (χ1) is 13.0. The third-order valence-electron chi connectivity index (χ3n) is 3.80. The number of carbonyl (C=O) groups is 1. The van der Waals surface area contributed by atoms with Crippen LogP contribution in [0, 0.1) is 0 Å². The van der Waals surface area contributed by atoms with E-state index in [-0.39, 0.29) is 5.91 Å². The first-order valence-corrected chi connectivity index (χ1v) is 9.33. The average Bonchev–Trinajstić information content (AvgIpc) is 3.03. The van der Waals surface area contributed by atoms with E-state index in [1.54, 1.807) is 38.3 Å². The maximum absolute atomic E-state index is 12.4. The molecule has 7 nitrogen and oxygen atoms in total. The van der Waals surface area contributed by atoms with Crippen LogP contribution in [0.5, 0.6) is 5.75 Å². The van der Waals surface area contributed by atoms with Crippen LogP contribution >= 0.6 is 23.4 Å². The number of aromatic nitrogens is 3. The highest BCUT2D eigenvalue weighted by Crippen LogP contribution is 2.31. The topological polar surface area (TPSA) is 95.1 Å². The summed E-state index contributed by atoms with van der Waals surface area (Å²) in [6.07, 6.45) is 0. The van der Waals surface area contributed by atoms with E-state index in [2.05, 4.69) is 15.5 Å². The number of halogens is 1. The molecule has 0 aliphatic heterocycles. The lowest BCUT2D eigenvalue weighted by Crippen LogP contribution is -2.23. The Bertz CT molecular complexity index is 962. The monoisotopic (exact) mass is 403 g/mol. The summed E-state index contributed by atoms with van der Waals surface area (Å²) in [5.41, 5.74) is 1.27. The van der Waals surface area contributed by atoms with Crippen molar-refractivity contribution in [3.63, 3.8) is 0 Å². The van der Waals surface area contributed by atoms with E-state index in [1.807, 2.05) is 24.3 Å². The third-order valence-corrected chi connectivity index (χ3v) is 5.18. The zero-order chi connectivity index (χ0) is 19.4. The van der Waals surface area contributed by atoms with Gasteiger partial charge in [0, 0.05) is 0 Å². The Balaban J connectivity index is 1.75. The van der Waals surface area contributed by atoms with E-state index in [4.69, 9.17) is 22.2 Å². The Hall–Kier alpha value is -2.71. The highest BCUT2D eigenvalue weighted by Gasteiger charge is 2.21. The van der Waals surface area contributed by atoms with Crippen LogP contribution in [-0.4, -0.2) is 33.1 Å². The number of ether oxygens (including phenoxy) is 1. The first kappa shape index (κ1) is 19.1. The van der Waals surface area contributed by atoms with Crippen molar-refractivity contribution in [3.8, 4) is 17.1 Å². The van der Waals surface area contributed by atoms with Gasteiger partial charge in [-0.25, -0.2) is 4.68 Å². The van der Waals surface area contributed by atoms with Crippen LogP contribution in [0.3, 0.4) is 0 Å². The van der Waals surface area contributed by atoms with E-state index in [0.717, 1.165) is 5.56 Å². The van der Waals surface area contributed by atoms with Gasteiger partial charge >= 0.3 is 0 Å². The zero-order valence-corrected chi connectivity index (χ0v) is 16.3. The highest BCUT2D eigenvalue weighted by molar-refractivity contribution is 8.00. The minimum absolute atomic E-state index is 0.213. The average molecular weight is 404 g/mol. The number of anilines is 1. The van der Waals surface area contributed by atoms with Crippen LogP contribution in [0.2, 0.25) is 5.02 Å². The first-order valence-electron chi connectivity index (χ1n) is 8.07. The fourth-order valence-corrected chi connectivity index (χ4v) is 3.33. The van der Waals surface area contributed by atoms with Crippen LogP contribution < -0.4 is 15.9 Å². The number of nitrogens with one attached hydrogen (secondary N) is 1. The minimum Gasteiger partial charge on any atom is -0.496 e. The molecule has 3 rings (SSSR count). The molecule has 2 aromatic carbocycles. The van der Waals surface area contributed by atoms with Gasteiger partial charge in [0.25, 0.3) is 0 Å². The number of carbonyl (C=O) groups excluding carboxylic acids is 1. The number of methoxy groups -OCH3 is 1. The fraction of sp³-hybridized carbons (Fsp3) is 0.167. The molecular weight excluding hydrogens is 386 g/mol. The lowest BCUT2D eigenvalue weighted by atomic mass is 10.2. The fourth-order valence-electron chi connectivity index (χ4n) is 2.38. The zero-order valence-electron chi connectivity index (χ0n) is 14.7. The molecule has 0 aliphatic carbocycles. The molecule has 3 aromatic rings. The normalized spacial score (nSPS) is 11.8. The molecule has 1 heterocycles. The third kappa shape index (κ3) is 4.17. The second-order valence-electron chi connectivity index (χ2n) is 5.61. The molecule has 1 unspecified atom stereocenters. The van der Waals surface area contributed by atoms with E-state index >= 15 is 0 Å². The van der Waals surface area contributed by atoms with Crippen molar-refractivity contribution in [2.24, 2.45) is 0 Å². The molecule has 0 saturated carbocycles. The van der Waals surface area contributed by atoms with Crippen LogP contribution in [-0.2, 0) is 4.79 Å². The molecule has 1 aromatic heterocycles. The lowest BCUT2D eigenvalue weighted by molar-refractivity contribution is -0.115. The number of nitrogens with two attached hydrogens (primary N) is 1. The molecule has 140 valence electrons. The van der Waals surface area contributed by atoms with Gasteiger partial charge in [0.1, 0.15) is 5.75 Å². The summed E-state index contributed by atoms with van der Waals surface area (Å²) in [5, 5.41) is 11.5. The molecule has 0 saturated heterocycles. The van der Waals surface area contributed by atoms with Gasteiger partial charge in [0.15, 0.2) is 5.82 Å². The van der Waals surface area contributed by atoms with Gasteiger partial charge in [0.2, 0.25) is 11.1 Å². The molecule has 0 spiro atoms. The minimum atomic E-state index is -0.460. The molecular formula is C18H18ClN5O2S. The van der Waals surface area contributed by atoms with Gasteiger partial charge in [-0.15, -0.1) is 10.2 Å². The maximum atomic E-state index is 12.4. The van der Waals surface area contributed by atoms with Gasteiger partial charge in [-0.1, -0.05) is 47.6 Å². The summed E-state index contributed by atoms with van der Waals surface area (Å²) in [5.74, 6) is 7.02. The number of para-hydroxylation sites is 2. The van der Waals surface area contributed by atoms with Crippen LogP contribution in [0.1, 0.15) is 6.92 Å². The number of amides is 1. The molecule has 27 heavy (non-hydrogen) atoms. The van der Waals surface area contributed by atoms with Gasteiger partial charge in [-0.05, 0) is 31.2 Å². The SMILES string of the molecule is COc1ccccc1-c1nnc(SC(C)C(=O)Nc2ccccc2Cl)n1N. The summed E-state index contributed by atoms with van der Waals surface area (Å²) in [4.78, 5) is 12.4. The predicted octanol–water partition coefficient (Wildman–Crippen LogP) is 3.44.